The lowest BCUT2D eigenvalue weighted by Crippen LogP contribution is -2.34. The van der Waals surface area contributed by atoms with E-state index in [2.05, 4.69) is 15.0 Å². The van der Waals surface area contributed by atoms with Crippen molar-refractivity contribution in [1.82, 2.24) is 23.9 Å². The summed E-state index contributed by atoms with van der Waals surface area (Å²) in [5, 5.41) is 0. The minimum atomic E-state index is -3.93. The van der Waals surface area contributed by atoms with Crippen LogP contribution < -0.4 is 15.9 Å². The molecule has 1 unspecified atom stereocenters. The van der Waals surface area contributed by atoms with Crippen LogP contribution in [0.5, 0.6) is 0 Å². The Bertz CT molecular complexity index is 962. The second-order valence-electron chi connectivity index (χ2n) is 5.16. The number of nitrogens with one attached hydrogen (secondary N) is 1. The number of aromatic nitrogens is 6. The average Bonchev–Trinajstić information content (AvgIpc) is 3.13. The molecule has 4 N–H and O–H groups in total. The van der Waals surface area contributed by atoms with Crippen molar-refractivity contribution in [1.29, 1.82) is 0 Å². The molecule has 0 spiro atoms. The summed E-state index contributed by atoms with van der Waals surface area (Å²) < 4.78 is 21.4. The van der Waals surface area contributed by atoms with Gasteiger partial charge in [0.05, 0.1) is 20.2 Å². The van der Waals surface area contributed by atoms with Gasteiger partial charge in [-0.05, 0) is 0 Å². The molecule has 3 aromatic heterocycles. The van der Waals surface area contributed by atoms with Crippen LogP contribution in [-0.4, -0.2) is 35.4 Å². The van der Waals surface area contributed by atoms with E-state index in [9.17, 15) is 14.3 Å². The molecule has 3 rings (SSSR count). The lowest BCUT2D eigenvalue weighted by atomic mass is 10.4. The van der Waals surface area contributed by atoms with Gasteiger partial charge in [-0.2, -0.15) is 0 Å². The van der Waals surface area contributed by atoms with E-state index in [1.807, 2.05) is 0 Å². The minimum Gasteiger partial charge on any atom is -0.355 e. The summed E-state index contributed by atoms with van der Waals surface area (Å²) >= 11 is 0. The van der Waals surface area contributed by atoms with Gasteiger partial charge in [-0.1, -0.05) is 4.98 Å². The first-order chi connectivity index (χ1) is 11.4. The second kappa shape index (κ2) is 6.19. The number of aromatic amines is 1. The number of imidazole rings is 2. The molecule has 0 aromatic carbocycles. The van der Waals surface area contributed by atoms with Gasteiger partial charge in [-0.3, -0.25) is 18.9 Å². The normalized spacial score (nSPS) is 14.1. The van der Waals surface area contributed by atoms with E-state index < -0.39 is 7.75 Å². The molecule has 0 saturated carbocycles. The number of anilines is 1. The molecule has 1 atom stereocenters. The zero-order valence-electron chi connectivity index (χ0n) is 12.9. The van der Waals surface area contributed by atoms with Crippen LogP contribution in [-0.2, 0) is 22.7 Å². The molecule has 0 aliphatic heterocycles. The molecule has 3 heterocycles. The average molecular weight is 354 g/mol. The fourth-order valence-corrected chi connectivity index (χ4v) is 3.28. The van der Waals surface area contributed by atoms with E-state index in [-0.39, 0.29) is 18.1 Å². The Morgan fingerprint density at radius 2 is 2.33 bits per heavy atom. The van der Waals surface area contributed by atoms with Gasteiger partial charge in [-0.15, -0.1) is 0 Å². The number of hydrogen-bond acceptors (Lipinski definition) is 6. The molecule has 24 heavy (non-hydrogen) atoms. The largest absolute Gasteiger partial charge is 0.437 e. The third kappa shape index (κ3) is 3.09. The third-order valence-electron chi connectivity index (χ3n) is 3.42. The molecule has 12 heteroatoms. The number of fused-ring (bicyclic) bond motifs is 1. The summed E-state index contributed by atoms with van der Waals surface area (Å²) in [6, 6.07) is 0. The highest BCUT2D eigenvalue weighted by Crippen LogP contribution is 2.42. The number of nitrogen functional groups attached to an aromatic ring is 1. The van der Waals surface area contributed by atoms with E-state index in [1.165, 1.54) is 18.7 Å². The van der Waals surface area contributed by atoms with Crippen LogP contribution >= 0.6 is 7.75 Å². The van der Waals surface area contributed by atoms with E-state index in [4.69, 9.17) is 10.3 Å². The van der Waals surface area contributed by atoms with Crippen molar-refractivity contribution in [3.8, 4) is 0 Å². The number of rotatable bonds is 6. The third-order valence-corrected chi connectivity index (χ3v) is 4.76. The summed E-state index contributed by atoms with van der Waals surface area (Å²) in [5.41, 5.74) is 6.10. The van der Waals surface area contributed by atoms with Crippen molar-refractivity contribution < 1.29 is 18.5 Å². The summed E-state index contributed by atoms with van der Waals surface area (Å²) in [4.78, 5) is 32.0. The van der Waals surface area contributed by atoms with Crippen LogP contribution in [0.15, 0.2) is 29.8 Å². The molecule has 0 amide bonds. The van der Waals surface area contributed by atoms with Crippen LogP contribution in [0.3, 0.4) is 0 Å². The Morgan fingerprint density at radius 1 is 1.54 bits per heavy atom. The smallest absolute Gasteiger partial charge is 0.355 e. The highest BCUT2D eigenvalue weighted by molar-refractivity contribution is 7.51. The predicted molar refractivity (Wildman–Crippen MR) is 84.0 cm³/mol. The quantitative estimate of drug-likeness (QED) is 0.304. The monoisotopic (exact) mass is 354 g/mol. The highest BCUT2D eigenvalue weighted by atomic mass is 31.2. The molecule has 128 valence electrons. The lowest BCUT2D eigenvalue weighted by molar-refractivity contribution is -0.674. The maximum atomic E-state index is 12.0. The van der Waals surface area contributed by atoms with Gasteiger partial charge in [0.15, 0.2) is 6.33 Å². The van der Waals surface area contributed by atoms with E-state index in [1.54, 1.807) is 22.5 Å². The van der Waals surface area contributed by atoms with Crippen LogP contribution in [0.4, 0.5) is 5.95 Å². The first-order valence-electron chi connectivity index (χ1n) is 7.09. The van der Waals surface area contributed by atoms with E-state index in [0.29, 0.717) is 24.1 Å². The molecule has 0 fully saturated rings. The van der Waals surface area contributed by atoms with Gasteiger partial charge >= 0.3 is 13.4 Å². The zero-order valence-corrected chi connectivity index (χ0v) is 13.8. The van der Waals surface area contributed by atoms with Crippen LogP contribution in [0.25, 0.3) is 11.2 Å². The molecular weight excluding hydrogens is 337 g/mol. The van der Waals surface area contributed by atoms with Gasteiger partial charge < -0.3 is 10.6 Å². The fourth-order valence-electron chi connectivity index (χ4n) is 2.36. The van der Waals surface area contributed by atoms with Crippen LogP contribution in [0.1, 0.15) is 6.42 Å². The molecule has 11 nitrogen and oxygen atoms in total. The van der Waals surface area contributed by atoms with Crippen molar-refractivity contribution in [2.24, 2.45) is 7.05 Å². The zero-order chi connectivity index (χ0) is 17.3. The molecule has 0 radical (unpaired) electrons. The van der Waals surface area contributed by atoms with Crippen LogP contribution in [0.2, 0.25) is 0 Å². The van der Waals surface area contributed by atoms with Gasteiger partial charge in [0.1, 0.15) is 6.33 Å². The number of nitrogens with two attached hydrogens (primary N) is 1. The first kappa shape index (κ1) is 16.4. The Labute approximate surface area is 135 Å². The first-order valence-corrected chi connectivity index (χ1v) is 8.62. The van der Waals surface area contributed by atoms with E-state index >= 15 is 0 Å². The second-order valence-corrected chi connectivity index (χ2v) is 6.86. The number of hydrogen-bond donors (Lipinski definition) is 3. The Morgan fingerprint density at radius 3 is 3.04 bits per heavy atom. The highest BCUT2D eigenvalue weighted by Gasteiger charge is 2.22. The molecule has 0 aliphatic rings. The molecule has 3 aromatic rings. The summed E-state index contributed by atoms with van der Waals surface area (Å²) in [5.74, 6) is 0.0312. The maximum absolute atomic E-state index is 12.0. The fraction of sp³-hybridized carbons (Fsp3) is 0.333. The lowest BCUT2D eigenvalue weighted by Gasteiger charge is -2.11. The summed E-state index contributed by atoms with van der Waals surface area (Å²) in [6.07, 6.45) is 6.13. The molecule has 0 saturated heterocycles. The summed E-state index contributed by atoms with van der Waals surface area (Å²) in [6.45, 7) is 0.491. The topological polar surface area (TPSA) is 145 Å². The molecule has 0 aliphatic carbocycles. The standard InChI is InChI=1S/C12H16N7O4P/c1-17-8-18(10-9(17)11(20)16-12(13)15-10)4-2-6-23-24(21,22)19-5-3-14-7-19/h3,5,7-8H,2,4,6H2,1H3,(H3-,13,15,16,20,21,22)/p+1. The van der Waals surface area contributed by atoms with Gasteiger partial charge in [0.25, 0.3) is 11.5 Å². The molecule has 0 bridgehead atoms. The maximum Gasteiger partial charge on any atom is 0.437 e. The van der Waals surface area contributed by atoms with Crippen molar-refractivity contribution in [3.05, 3.63) is 35.4 Å². The van der Waals surface area contributed by atoms with Crippen molar-refractivity contribution in [2.45, 2.75) is 13.0 Å². The van der Waals surface area contributed by atoms with Crippen molar-refractivity contribution >= 4 is 24.9 Å². The Kier molecular flexibility index (Phi) is 4.22. The van der Waals surface area contributed by atoms with Crippen molar-refractivity contribution in [2.75, 3.05) is 12.3 Å². The van der Waals surface area contributed by atoms with Gasteiger partial charge in [0.2, 0.25) is 5.52 Å². The predicted octanol–water partition coefficient (Wildman–Crippen LogP) is -0.617. The van der Waals surface area contributed by atoms with E-state index in [0.717, 1.165) is 4.34 Å². The number of nitrogens with zero attached hydrogens (tertiary/aromatic N) is 5. The Hall–Kier alpha value is -2.49. The van der Waals surface area contributed by atoms with Crippen molar-refractivity contribution in [3.63, 3.8) is 0 Å². The minimum absolute atomic E-state index is 0.0312. The number of H-pyrrole nitrogens is 1. The van der Waals surface area contributed by atoms with Crippen LogP contribution in [0, 0.1) is 0 Å². The van der Waals surface area contributed by atoms with Gasteiger partial charge in [0, 0.05) is 18.8 Å². The molecular formula is C12H17N7O4P+. The summed E-state index contributed by atoms with van der Waals surface area (Å²) in [7, 11) is -2.20. The Balaban J connectivity index is 1.69. The van der Waals surface area contributed by atoms with Gasteiger partial charge in [-0.25, -0.2) is 18.5 Å². The number of aryl methyl sites for hydroxylation is 2. The SMILES string of the molecule is Cn1c[n+](CCCOP(=O)(O)n2ccnc2)c2nc(N)[nH]c(=O)c21.